The average Bonchev–Trinajstić information content (AvgIpc) is 2.55. The van der Waals surface area contributed by atoms with E-state index in [-0.39, 0.29) is 6.03 Å². The molecule has 2 aromatic carbocycles. The lowest BCUT2D eigenvalue weighted by atomic mass is 10.1. The Balaban J connectivity index is 1.73. The topological polar surface area (TPSA) is 67.2 Å². The monoisotopic (exact) mass is 297 g/mol. The number of carbonyl (C=O) groups is 1. The molecule has 0 saturated heterocycles. The molecule has 0 fully saturated rings. The molecule has 0 spiro atoms. The Hall–Kier alpha value is -2.33. The number of rotatable bonds is 6. The molecule has 0 saturated carbocycles. The number of carbonyl (C=O) groups excluding carboxylic acids is 1. The largest absolute Gasteiger partial charge is 0.338 e. The van der Waals surface area contributed by atoms with Gasteiger partial charge in [-0.3, -0.25) is 0 Å². The van der Waals surface area contributed by atoms with E-state index >= 15 is 0 Å². The van der Waals surface area contributed by atoms with Crippen LogP contribution < -0.4 is 16.4 Å². The lowest BCUT2D eigenvalue weighted by Crippen LogP contribution is -2.36. The Morgan fingerprint density at radius 1 is 1.05 bits per heavy atom. The van der Waals surface area contributed by atoms with Crippen molar-refractivity contribution < 1.29 is 4.79 Å². The molecule has 2 amide bonds. The van der Waals surface area contributed by atoms with Crippen LogP contribution in [0.4, 0.5) is 4.79 Å². The van der Waals surface area contributed by atoms with E-state index in [0.717, 1.165) is 17.5 Å². The fourth-order valence-corrected chi connectivity index (χ4v) is 2.31. The van der Waals surface area contributed by atoms with Crippen LogP contribution in [0.15, 0.2) is 48.5 Å². The third-order valence-corrected chi connectivity index (χ3v) is 3.62. The summed E-state index contributed by atoms with van der Waals surface area (Å²) in [7, 11) is 0. The van der Waals surface area contributed by atoms with Crippen molar-refractivity contribution >= 4 is 6.03 Å². The first-order valence-electron chi connectivity index (χ1n) is 7.53. The van der Waals surface area contributed by atoms with Crippen molar-refractivity contribution in [1.29, 1.82) is 0 Å². The molecule has 0 bridgehead atoms. The van der Waals surface area contributed by atoms with E-state index in [2.05, 4.69) is 29.7 Å². The van der Waals surface area contributed by atoms with Crippen molar-refractivity contribution in [3.63, 3.8) is 0 Å². The van der Waals surface area contributed by atoms with Gasteiger partial charge in [0.25, 0.3) is 0 Å². The summed E-state index contributed by atoms with van der Waals surface area (Å²) in [5.74, 6) is 0. The zero-order chi connectivity index (χ0) is 15.8. The molecule has 0 aliphatic rings. The maximum atomic E-state index is 11.8. The van der Waals surface area contributed by atoms with Crippen molar-refractivity contribution in [1.82, 2.24) is 10.6 Å². The van der Waals surface area contributed by atoms with Gasteiger partial charge >= 0.3 is 6.03 Å². The van der Waals surface area contributed by atoms with Gasteiger partial charge in [-0.15, -0.1) is 0 Å². The number of aryl methyl sites for hydroxylation is 1. The Morgan fingerprint density at radius 3 is 2.59 bits per heavy atom. The maximum absolute atomic E-state index is 11.8. The van der Waals surface area contributed by atoms with E-state index in [0.29, 0.717) is 19.6 Å². The van der Waals surface area contributed by atoms with Crippen LogP contribution in [0.1, 0.15) is 22.3 Å². The summed E-state index contributed by atoms with van der Waals surface area (Å²) < 4.78 is 0. The smallest absolute Gasteiger partial charge is 0.315 e. The Bertz CT molecular complexity index is 625. The van der Waals surface area contributed by atoms with Crippen LogP contribution in [-0.2, 0) is 19.5 Å². The van der Waals surface area contributed by atoms with E-state index in [1.54, 1.807) is 0 Å². The summed E-state index contributed by atoms with van der Waals surface area (Å²) in [5.41, 5.74) is 10.2. The molecule has 4 heteroatoms. The number of hydrogen-bond acceptors (Lipinski definition) is 2. The highest BCUT2D eigenvalue weighted by Crippen LogP contribution is 2.07. The van der Waals surface area contributed by atoms with E-state index in [4.69, 9.17) is 5.73 Å². The summed E-state index contributed by atoms with van der Waals surface area (Å²) in [5, 5.41) is 5.74. The molecule has 116 valence electrons. The second kappa shape index (κ2) is 8.20. The van der Waals surface area contributed by atoms with Gasteiger partial charge in [0.1, 0.15) is 0 Å². The molecule has 2 aromatic rings. The summed E-state index contributed by atoms with van der Waals surface area (Å²) in [6.07, 6.45) is 0.836. The Labute approximate surface area is 131 Å². The molecule has 0 aromatic heterocycles. The van der Waals surface area contributed by atoms with Gasteiger partial charge in [-0.2, -0.15) is 0 Å². The Kier molecular flexibility index (Phi) is 5.98. The predicted octanol–water partition coefficient (Wildman–Crippen LogP) is 2.50. The highest BCUT2D eigenvalue weighted by molar-refractivity contribution is 5.73. The molecule has 0 heterocycles. The summed E-state index contributed by atoms with van der Waals surface area (Å²) in [6, 6.07) is 16.0. The number of nitrogens with two attached hydrogens (primary N) is 1. The molecule has 22 heavy (non-hydrogen) atoms. The van der Waals surface area contributed by atoms with Gasteiger partial charge in [-0.25, -0.2) is 4.79 Å². The molecule has 0 radical (unpaired) electrons. The number of hydrogen-bond donors (Lipinski definition) is 3. The molecular formula is C18H23N3O. The lowest BCUT2D eigenvalue weighted by molar-refractivity contribution is 0.240. The van der Waals surface area contributed by atoms with Gasteiger partial charge in [0.2, 0.25) is 0 Å². The minimum absolute atomic E-state index is 0.147. The summed E-state index contributed by atoms with van der Waals surface area (Å²) >= 11 is 0. The van der Waals surface area contributed by atoms with Crippen molar-refractivity contribution in [2.45, 2.75) is 26.4 Å². The van der Waals surface area contributed by atoms with Crippen LogP contribution in [0.3, 0.4) is 0 Å². The molecule has 4 N–H and O–H groups in total. The van der Waals surface area contributed by atoms with E-state index in [1.807, 2.05) is 36.4 Å². The van der Waals surface area contributed by atoms with Crippen molar-refractivity contribution in [3.8, 4) is 0 Å². The molecule has 4 nitrogen and oxygen atoms in total. The van der Waals surface area contributed by atoms with Crippen LogP contribution in [0.5, 0.6) is 0 Å². The van der Waals surface area contributed by atoms with Gasteiger partial charge in [-0.1, -0.05) is 48.5 Å². The van der Waals surface area contributed by atoms with Crippen LogP contribution in [0.25, 0.3) is 0 Å². The van der Waals surface area contributed by atoms with Crippen molar-refractivity contribution in [3.05, 3.63) is 70.8 Å². The third-order valence-electron chi connectivity index (χ3n) is 3.62. The molecule has 0 unspecified atom stereocenters. The average molecular weight is 297 g/mol. The number of benzene rings is 2. The molecular weight excluding hydrogens is 274 g/mol. The molecule has 2 rings (SSSR count). The van der Waals surface area contributed by atoms with Crippen LogP contribution in [-0.4, -0.2) is 12.6 Å². The van der Waals surface area contributed by atoms with Crippen LogP contribution >= 0.6 is 0 Å². The fraction of sp³-hybridized carbons (Fsp3) is 0.278. The lowest BCUT2D eigenvalue weighted by Gasteiger charge is -2.09. The zero-order valence-electron chi connectivity index (χ0n) is 12.9. The first-order valence-corrected chi connectivity index (χ1v) is 7.53. The summed E-state index contributed by atoms with van der Waals surface area (Å²) in [4.78, 5) is 11.8. The zero-order valence-corrected chi connectivity index (χ0v) is 12.9. The van der Waals surface area contributed by atoms with Gasteiger partial charge < -0.3 is 16.4 Å². The normalized spacial score (nSPS) is 10.3. The first kappa shape index (κ1) is 16.0. The van der Waals surface area contributed by atoms with Gasteiger partial charge in [0.05, 0.1) is 0 Å². The fourth-order valence-electron chi connectivity index (χ4n) is 2.31. The minimum atomic E-state index is -0.147. The molecule has 0 aliphatic heterocycles. The quantitative estimate of drug-likeness (QED) is 0.767. The minimum Gasteiger partial charge on any atom is -0.338 e. The van der Waals surface area contributed by atoms with Crippen LogP contribution in [0, 0.1) is 6.92 Å². The SMILES string of the molecule is Cc1ccccc1CCNC(=O)NCc1cccc(CN)c1. The maximum Gasteiger partial charge on any atom is 0.315 e. The van der Waals surface area contributed by atoms with Gasteiger partial charge in [0, 0.05) is 19.6 Å². The van der Waals surface area contributed by atoms with E-state index in [9.17, 15) is 4.79 Å². The Morgan fingerprint density at radius 2 is 1.82 bits per heavy atom. The molecule has 0 aliphatic carbocycles. The number of nitrogens with one attached hydrogen (secondary N) is 2. The summed E-state index contributed by atoms with van der Waals surface area (Å²) in [6.45, 7) is 3.72. The standard InChI is InChI=1S/C18H23N3O/c1-14-5-2-3-8-17(14)9-10-20-18(22)21-13-16-7-4-6-15(11-16)12-19/h2-8,11H,9-10,12-13,19H2,1H3,(H2,20,21,22). The predicted molar refractivity (Wildman–Crippen MR) is 89.5 cm³/mol. The number of amides is 2. The van der Waals surface area contributed by atoms with Gasteiger partial charge in [0.15, 0.2) is 0 Å². The van der Waals surface area contributed by atoms with Gasteiger partial charge in [-0.05, 0) is 35.6 Å². The van der Waals surface area contributed by atoms with Crippen LogP contribution in [0.2, 0.25) is 0 Å². The second-order valence-electron chi connectivity index (χ2n) is 5.31. The van der Waals surface area contributed by atoms with Crippen molar-refractivity contribution in [2.75, 3.05) is 6.54 Å². The first-order chi connectivity index (χ1) is 10.7. The van der Waals surface area contributed by atoms with E-state index < -0.39 is 0 Å². The molecule has 0 atom stereocenters. The highest BCUT2D eigenvalue weighted by atomic mass is 16.2. The third kappa shape index (κ3) is 4.90. The highest BCUT2D eigenvalue weighted by Gasteiger charge is 2.02. The second-order valence-corrected chi connectivity index (χ2v) is 5.31. The van der Waals surface area contributed by atoms with E-state index in [1.165, 1.54) is 11.1 Å². The number of urea groups is 1. The van der Waals surface area contributed by atoms with Crippen molar-refractivity contribution in [2.24, 2.45) is 5.73 Å².